The molecular weight excluding hydrogens is 543 g/mol. The molecule has 3 aromatic rings. The quantitative estimate of drug-likeness (QED) is 0.333. The first-order chi connectivity index (χ1) is 17.7. The molecule has 1 saturated heterocycles. The number of aromatic nitrogens is 1. The summed E-state index contributed by atoms with van der Waals surface area (Å²) in [6.07, 6.45) is 3.84. The van der Waals surface area contributed by atoms with Gasteiger partial charge in [0.25, 0.3) is 17.5 Å². The number of nitro benzene ring substituents is 1. The summed E-state index contributed by atoms with van der Waals surface area (Å²) in [5.74, 6) is -1.47. The molecule has 2 fully saturated rings. The van der Waals surface area contributed by atoms with Crippen molar-refractivity contribution in [1.29, 1.82) is 0 Å². The topological polar surface area (TPSA) is 105 Å². The molecule has 5 rings (SSSR count). The smallest absolute Gasteiger partial charge is 0.287 e. The Labute approximate surface area is 221 Å². The minimum atomic E-state index is -0.836. The van der Waals surface area contributed by atoms with Gasteiger partial charge in [0.2, 0.25) is 0 Å². The molecule has 2 aromatic carbocycles. The number of carbonyl (C=O) groups excluding carboxylic acids is 2. The van der Waals surface area contributed by atoms with Gasteiger partial charge in [-0.3, -0.25) is 24.7 Å². The van der Waals surface area contributed by atoms with Gasteiger partial charge in [-0.05, 0) is 71.8 Å². The molecule has 1 spiro atoms. The fraction of sp³-hybridized carbons (Fsp3) is 0.296. The molecule has 37 heavy (non-hydrogen) atoms. The molecule has 0 bridgehead atoms. The van der Waals surface area contributed by atoms with Crippen LogP contribution in [-0.2, 0) is 0 Å². The molecule has 2 aliphatic rings. The Morgan fingerprint density at radius 1 is 1.16 bits per heavy atom. The lowest BCUT2D eigenvalue weighted by molar-refractivity contribution is -0.385. The molecule has 1 unspecified atom stereocenters. The Bertz CT molecular complexity index is 1420. The fourth-order valence-electron chi connectivity index (χ4n) is 5.14. The Kier molecular flexibility index (Phi) is 6.53. The van der Waals surface area contributed by atoms with Gasteiger partial charge < -0.3 is 10.2 Å². The molecule has 190 valence electrons. The third-order valence-electron chi connectivity index (χ3n) is 7.33. The van der Waals surface area contributed by atoms with Gasteiger partial charge in [-0.1, -0.05) is 23.8 Å². The number of pyridine rings is 1. The molecule has 0 radical (unpaired) electrons. The van der Waals surface area contributed by atoms with Crippen LogP contribution in [0.2, 0.25) is 0 Å². The van der Waals surface area contributed by atoms with Crippen LogP contribution in [0.15, 0.2) is 59.2 Å². The highest BCUT2D eigenvalue weighted by Crippen LogP contribution is 2.54. The average molecular weight is 567 g/mol. The molecular formula is C27H24BrFN4O4. The van der Waals surface area contributed by atoms with Crippen molar-refractivity contribution in [2.75, 3.05) is 13.1 Å². The van der Waals surface area contributed by atoms with Crippen LogP contribution in [0.25, 0.3) is 11.3 Å². The van der Waals surface area contributed by atoms with Crippen molar-refractivity contribution in [2.45, 2.75) is 32.2 Å². The molecule has 2 amide bonds. The molecule has 1 N–H and O–H groups in total. The number of nitro groups is 1. The monoisotopic (exact) mass is 566 g/mol. The van der Waals surface area contributed by atoms with Crippen molar-refractivity contribution in [1.82, 2.24) is 15.2 Å². The van der Waals surface area contributed by atoms with E-state index in [2.05, 4.69) is 26.2 Å². The lowest BCUT2D eigenvalue weighted by Gasteiger charge is -2.33. The number of aryl methyl sites for hydroxylation is 1. The van der Waals surface area contributed by atoms with Gasteiger partial charge >= 0.3 is 0 Å². The van der Waals surface area contributed by atoms with E-state index in [0.29, 0.717) is 37.2 Å². The summed E-state index contributed by atoms with van der Waals surface area (Å²) in [5.41, 5.74) is 2.46. The Morgan fingerprint density at radius 2 is 1.92 bits per heavy atom. The summed E-state index contributed by atoms with van der Waals surface area (Å²) < 4.78 is 13.9. The summed E-state index contributed by atoms with van der Waals surface area (Å²) in [5, 5.41) is 14.4. The van der Waals surface area contributed by atoms with Crippen LogP contribution < -0.4 is 5.32 Å². The molecule has 1 aromatic heterocycles. The van der Waals surface area contributed by atoms with Crippen molar-refractivity contribution >= 4 is 33.4 Å². The number of halogens is 2. The maximum absolute atomic E-state index is 14.0. The van der Waals surface area contributed by atoms with Crippen LogP contribution in [0, 0.1) is 28.3 Å². The number of benzene rings is 2. The molecule has 1 aliphatic heterocycles. The SMILES string of the molecule is Cc1cccc(-c2ncccc2C(=O)NC2CC23CCN(C(=O)c2cc(F)cc([N+](=O)[O-])c2Br)CC3)c1. The van der Waals surface area contributed by atoms with Crippen molar-refractivity contribution < 1.29 is 18.9 Å². The Hall–Kier alpha value is -3.66. The van der Waals surface area contributed by atoms with Gasteiger partial charge in [0, 0.05) is 30.9 Å². The number of hydrogen-bond donors (Lipinski definition) is 1. The number of hydrogen-bond acceptors (Lipinski definition) is 5. The summed E-state index contributed by atoms with van der Waals surface area (Å²) in [6, 6.07) is 13.2. The number of rotatable bonds is 5. The molecule has 10 heteroatoms. The van der Waals surface area contributed by atoms with E-state index in [0.717, 1.165) is 29.7 Å². The minimum absolute atomic E-state index is 0.00943. The summed E-state index contributed by atoms with van der Waals surface area (Å²) in [4.78, 5) is 42.8. The van der Waals surface area contributed by atoms with E-state index in [1.165, 1.54) is 0 Å². The van der Waals surface area contributed by atoms with Crippen LogP contribution in [0.3, 0.4) is 0 Å². The van der Waals surface area contributed by atoms with E-state index in [9.17, 15) is 24.1 Å². The molecule has 1 aliphatic carbocycles. The van der Waals surface area contributed by atoms with E-state index < -0.39 is 22.3 Å². The lowest BCUT2D eigenvalue weighted by Crippen LogP contribution is -2.42. The Morgan fingerprint density at radius 3 is 2.62 bits per heavy atom. The van der Waals surface area contributed by atoms with Gasteiger partial charge in [0.05, 0.1) is 27.8 Å². The van der Waals surface area contributed by atoms with Crippen LogP contribution in [0.1, 0.15) is 45.5 Å². The first-order valence-electron chi connectivity index (χ1n) is 11.9. The second kappa shape index (κ2) is 9.66. The van der Waals surface area contributed by atoms with Crippen LogP contribution in [0.4, 0.5) is 10.1 Å². The first-order valence-corrected chi connectivity index (χ1v) is 12.7. The van der Waals surface area contributed by atoms with Crippen LogP contribution in [-0.4, -0.2) is 45.8 Å². The number of carbonyl (C=O) groups is 2. The van der Waals surface area contributed by atoms with Gasteiger partial charge in [-0.25, -0.2) is 4.39 Å². The standard InChI is InChI=1S/C27H24BrFN4O4/c1-16-4-2-5-17(12-16)24-19(6-3-9-30-24)25(34)31-22-15-27(22)7-10-32(11-8-27)26(35)20-13-18(29)14-21(23(20)28)33(36)37/h2-6,9,12-14,22H,7-8,10-11,15H2,1H3,(H,31,34). The largest absolute Gasteiger partial charge is 0.349 e. The maximum Gasteiger partial charge on any atom is 0.287 e. The van der Waals surface area contributed by atoms with E-state index in [-0.39, 0.29) is 27.4 Å². The third kappa shape index (κ3) is 4.85. The van der Waals surface area contributed by atoms with Crippen molar-refractivity contribution in [3.8, 4) is 11.3 Å². The number of piperidine rings is 1. The lowest BCUT2D eigenvalue weighted by atomic mass is 9.92. The number of amides is 2. The van der Waals surface area contributed by atoms with Gasteiger partial charge in [-0.2, -0.15) is 0 Å². The van der Waals surface area contributed by atoms with E-state index >= 15 is 0 Å². The highest BCUT2D eigenvalue weighted by Gasteiger charge is 2.56. The van der Waals surface area contributed by atoms with Crippen molar-refractivity contribution in [3.05, 3.63) is 91.8 Å². The van der Waals surface area contributed by atoms with E-state index in [1.54, 1.807) is 23.2 Å². The van der Waals surface area contributed by atoms with Gasteiger partial charge in [-0.15, -0.1) is 0 Å². The zero-order chi connectivity index (χ0) is 26.3. The minimum Gasteiger partial charge on any atom is -0.349 e. The van der Waals surface area contributed by atoms with Crippen molar-refractivity contribution in [2.24, 2.45) is 5.41 Å². The van der Waals surface area contributed by atoms with Crippen LogP contribution >= 0.6 is 15.9 Å². The fourth-order valence-corrected chi connectivity index (χ4v) is 5.68. The first kappa shape index (κ1) is 25.0. The average Bonchev–Trinajstić information content (AvgIpc) is 3.55. The predicted octanol–water partition coefficient (Wildman–Crippen LogP) is 5.29. The normalized spacial score (nSPS) is 17.9. The van der Waals surface area contributed by atoms with Crippen LogP contribution in [0.5, 0.6) is 0 Å². The second-order valence-electron chi connectivity index (χ2n) is 9.70. The second-order valence-corrected chi connectivity index (χ2v) is 10.5. The zero-order valence-electron chi connectivity index (χ0n) is 20.0. The molecule has 2 heterocycles. The summed E-state index contributed by atoms with van der Waals surface area (Å²) in [7, 11) is 0. The third-order valence-corrected chi connectivity index (χ3v) is 8.16. The Balaban J connectivity index is 1.25. The van der Waals surface area contributed by atoms with Gasteiger partial charge in [0.15, 0.2) is 0 Å². The molecule has 1 saturated carbocycles. The highest BCUT2D eigenvalue weighted by molar-refractivity contribution is 9.10. The molecule has 8 nitrogen and oxygen atoms in total. The number of nitrogens with zero attached hydrogens (tertiary/aromatic N) is 3. The maximum atomic E-state index is 14.0. The number of likely N-dealkylation sites (tertiary alicyclic amines) is 1. The summed E-state index contributed by atoms with van der Waals surface area (Å²) in [6.45, 7) is 2.83. The van der Waals surface area contributed by atoms with Crippen molar-refractivity contribution in [3.63, 3.8) is 0 Å². The highest BCUT2D eigenvalue weighted by atomic mass is 79.9. The number of nitrogens with one attached hydrogen (secondary N) is 1. The van der Waals surface area contributed by atoms with E-state index in [1.807, 2.05) is 31.2 Å². The molecule has 1 atom stereocenters. The van der Waals surface area contributed by atoms with E-state index in [4.69, 9.17) is 0 Å². The summed E-state index contributed by atoms with van der Waals surface area (Å²) >= 11 is 3.09. The van der Waals surface area contributed by atoms with Gasteiger partial charge in [0.1, 0.15) is 10.3 Å². The zero-order valence-corrected chi connectivity index (χ0v) is 21.6. The predicted molar refractivity (Wildman–Crippen MR) is 139 cm³/mol.